The summed E-state index contributed by atoms with van der Waals surface area (Å²) in [5.41, 5.74) is 6.03. The summed E-state index contributed by atoms with van der Waals surface area (Å²) in [6.07, 6.45) is 2.02. The summed E-state index contributed by atoms with van der Waals surface area (Å²) in [5, 5.41) is 12.7. The molecule has 1 saturated heterocycles. The van der Waals surface area contributed by atoms with Gasteiger partial charge in [0.25, 0.3) is 5.91 Å². The third-order valence-corrected chi connectivity index (χ3v) is 6.86. The second kappa shape index (κ2) is 10.1. The van der Waals surface area contributed by atoms with Crippen LogP contribution in [0, 0.1) is 5.92 Å². The number of amides is 2. The molecule has 0 unspecified atom stereocenters. The number of aromatic amines is 1. The van der Waals surface area contributed by atoms with E-state index in [1.54, 1.807) is 37.1 Å². The van der Waals surface area contributed by atoms with E-state index < -0.39 is 36.2 Å². The Bertz CT molecular complexity index is 1300. The monoisotopic (exact) mass is 518 g/mol. The molecular formula is C25H29F3N6O3. The van der Waals surface area contributed by atoms with Gasteiger partial charge < -0.3 is 20.7 Å². The van der Waals surface area contributed by atoms with Gasteiger partial charge in [0.15, 0.2) is 0 Å². The molecule has 3 aromatic rings. The molecule has 4 heterocycles. The average Bonchev–Trinajstić information content (AvgIpc) is 3.27. The van der Waals surface area contributed by atoms with Crippen LogP contribution in [0.15, 0.2) is 36.9 Å². The van der Waals surface area contributed by atoms with E-state index in [1.165, 1.54) is 18.6 Å². The van der Waals surface area contributed by atoms with Crippen molar-refractivity contribution < 1.29 is 27.9 Å². The Hall–Kier alpha value is -3.51. The predicted octanol–water partition coefficient (Wildman–Crippen LogP) is 2.71. The largest absolute Gasteiger partial charge is 0.401 e. The number of carbonyl (C=O) groups excluding carboxylic acids is 2. The van der Waals surface area contributed by atoms with Crippen LogP contribution >= 0.6 is 0 Å². The number of aromatic nitrogens is 3. The van der Waals surface area contributed by atoms with Crippen molar-refractivity contribution in [3.8, 4) is 11.1 Å². The summed E-state index contributed by atoms with van der Waals surface area (Å²) >= 11 is 0. The molecule has 0 bridgehead atoms. The van der Waals surface area contributed by atoms with Crippen molar-refractivity contribution in [3.63, 3.8) is 0 Å². The topological polar surface area (TPSA) is 137 Å². The molecule has 198 valence electrons. The number of halogens is 3. The van der Waals surface area contributed by atoms with E-state index >= 15 is 0 Å². The number of nitrogens with zero attached hydrogens (tertiary/aromatic N) is 3. The Morgan fingerprint density at radius 3 is 2.54 bits per heavy atom. The molecule has 0 spiro atoms. The first-order valence-corrected chi connectivity index (χ1v) is 11.9. The highest BCUT2D eigenvalue weighted by molar-refractivity contribution is 6.01. The Morgan fingerprint density at radius 1 is 1.22 bits per heavy atom. The van der Waals surface area contributed by atoms with E-state index in [1.807, 2.05) is 0 Å². The third-order valence-electron chi connectivity index (χ3n) is 6.86. The molecule has 0 saturated carbocycles. The van der Waals surface area contributed by atoms with Crippen molar-refractivity contribution in [2.45, 2.75) is 44.5 Å². The molecule has 1 aliphatic rings. The lowest BCUT2D eigenvalue weighted by Crippen LogP contribution is -2.58. The third kappa shape index (κ3) is 5.30. The number of nitrogens with two attached hydrogens (primary N) is 1. The first-order chi connectivity index (χ1) is 17.4. The van der Waals surface area contributed by atoms with Gasteiger partial charge in [0.1, 0.15) is 11.2 Å². The number of hydrogen-bond donors (Lipinski definition) is 4. The number of carbonyl (C=O) groups is 2. The minimum absolute atomic E-state index is 0.193. The van der Waals surface area contributed by atoms with Crippen molar-refractivity contribution in [1.29, 1.82) is 0 Å². The maximum Gasteiger partial charge on any atom is 0.401 e. The van der Waals surface area contributed by atoms with Crippen molar-refractivity contribution in [1.82, 2.24) is 25.2 Å². The standard InChI is InChI=1S/C25H29F3N6O3/c1-14(2)25(23(29)37,33-13-24(26,27)28)17-7-15(9-30-11-17)20-12-32-21-19(20)8-16(10-31-21)22(36)34-5-3-18(35)4-6-34/h7-12,14,18,33,35H,3-6,13H2,1-2H3,(H2,29,37)(H,31,32)/t25-/m0/s1. The fourth-order valence-corrected chi connectivity index (χ4v) is 4.81. The highest BCUT2D eigenvalue weighted by Gasteiger charge is 2.44. The average molecular weight is 519 g/mol. The fraction of sp³-hybridized carbons (Fsp3) is 0.440. The van der Waals surface area contributed by atoms with Gasteiger partial charge >= 0.3 is 6.18 Å². The molecule has 4 rings (SSSR count). The first-order valence-electron chi connectivity index (χ1n) is 11.9. The number of likely N-dealkylation sites (tertiary alicyclic amines) is 1. The van der Waals surface area contributed by atoms with Crippen LogP contribution in [-0.2, 0) is 10.3 Å². The van der Waals surface area contributed by atoms with Crippen molar-refractivity contribution in [2.75, 3.05) is 19.6 Å². The summed E-state index contributed by atoms with van der Waals surface area (Å²) in [4.78, 5) is 38.9. The molecule has 1 aliphatic heterocycles. The van der Waals surface area contributed by atoms with Crippen LogP contribution in [0.5, 0.6) is 0 Å². The number of pyridine rings is 2. The maximum absolute atomic E-state index is 13.1. The number of aliphatic hydroxyl groups excluding tert-OH is 1. The lowest BCUT2D eigenvalue weighted by molar-refractivity contribution is -0.139. The number of primary amides is 1. The van der Waals surface area contributed by atoms with Gasteiger partial charge in [-0.3, -0.25) is 19.9 Å². The van der Waals surface area contributed by atoms with Crippen LogP contribution in [0.2, 0.25) is 0 Å². The molecular weight excluding hydrogens is 489 g/mol. The molecule has 0 aliphatic carbocycles. The van der Waals surface area contributed by atoms with Gasteiger partial charge in [-0.2, -0.15) is 13.2 Å². The van der Waals surface area contributed by atoms with Gasteiger partial charge in [0.05, 0.1) is 18.2 Å². The quantitative estimate of drug-likeness (QED) is 0.380. The van der Waals surface area contributed by atoms with Crippen LogP contribution < -0.4 is 11.1 Å². The van der Waals surface area contributed by atoms with E-state index in [-0.39, 0.29) is 11.5 Å². The highest BCUT2D eigenvalue weighted by atomic mass is 19.4. The molecule has 0 radical (unpaired) electrons. The van der Waals surface area contributed by atoms with Crippen LogP contribution in [0.1, 0.15) is 42.6 Å². The minimum Gasteiger partial charge on any atom is -0.393 e. The number of alkyl halides is 3. The number of fused-ring (bicyclic) bond motifs is 1. The predicted molar refractivity (Wildman–Crippen MR) is 130 cm³/mol. The van der Waals surface area contributed by atoms with Gasteiger partial charge in [-0.1, -0.05) is 13.8 Å². The number of piperidine rings is 1. The zero-order valence-corrected chi connectivity index (χ0v) is 20.5. The second-order valence-corrected chi connectivity index (χ2v) is 9.60. The van der Waals surface area contributed by atoms with Gasteiger partial charge in [-0.25, -0.2) is 4.98 Å². The van der Waals surface area contributed by atoms with E-state index in [4.69, 9.17) is 5.73 Å². The number of hydrogen-bond acceptors (Lipinski definition) is 6. The molecule has 1 atom stereocenters. The molecule has 9 nitrogen and oxygen atoms in total. The van der Waals surface area contributed by atoms with Gasteiger partial charge in [0, 0.05) is 60.0 Å². The first kappa shape index (κ1) is 26.6. The lowest BCUT2D eigenvalue weighted by Gasteiger charge is -2.36. The zero-order valence-electron chi connectivity index (χ0n) is 20.5. The van der Waals surface area contributed by atoms with Crippen molar-refractivity contribution in [3.05, 3.63) is 48.0 Å². The van der Waals surface area contributed by atoms with E-state index in [0.717, 1.165) is 0 Å². The maximum atomic E-state index is 13.1. The number of nitrogens with one attached hydrogen (secondary N) is 2. The SMILES string of the molecule is CC(C)[C@@](NCC(F)(F)F)(C(N)=O)c1cncc(-c2c[nH]c3ncc(C(=O)N4CCC(O)CC4)cc23)c1. The second-order valence-electron chi connectivity index (χ2n) is 9.60. The molecule has 0 aromatic carbocycles. The number of aliphatic hydroxyl groups is 1. The van der Waals surface area contributed by atoms with Gasteiger partial charge in [-0.05, 0) is 30.9 Å². The van der Waals surface area contributed by atoms with Crippen LogP contribution in [0.4, 0.5) is 13.2 Å². The normalized spacial score (nSPS) is 16.8. The summed E-state index contributed by atoms with van der Waals surface area (Å²) in [6.45, 7) is 2.69. The Kier molecular flexibility index (Phi) is 7.24. The van der Waals surface area contributed by atoms with Crippen LogP contribution in [0.25, 0.3) is 22.2 Å². The van der Waals surface area contributed by atoms with Gasteiger partial charge in [0.2, 0.25) is 5.91 Å². The molecule has 3 aromatic heterocycles. The summed E-state index contributed by atoms with van der Waals surface area (Å²) in [5.74, 6) is -1.78. The smallest absolute Gasteiger partial charge is 0.393 e. The van der Waals surface area contributed by atoms with E-state index in [2.05, 4.69) is 20.3 Å². The summed E-state index contributed by atoms with van der Waals surface area (Å²) in [6, 6.07) is 3.27. The van der Waals surface area contributed by atoms with Gasteiger partial charge in [-0.15, -0.1) is 0 Å². The van der Waals surface area contributed by atoms with Crippen LogP contribution in [-0.4, -0.2) is 68.7 Å². The Labute approximate surface area is 211 Å². The van der Waals surface area contributed by atoms with E-state index in [0.29, 0.717) is 53.7 Å². The van der Waals surface area contributed by atoms with Crippen molar-refractivity contribution in [2.24, 2.45) is 11.7 Å². The zero-order chi connectivity index (χ0) is 27.0. The molecule has 1 fully saturated rings. The Balaban J connectivity index is 1.73. The minimum atomic E-state index is -4.56. The lowest BCUT2D eigenvalue weighted by atomic mass is 9.79. The fourth-order valence-electron chi connectivity index (χ4n) is 4.81. The van der Waals surface area contributed by atoms with Crippen molar-refractivity contribution >= 4 is 22.8 Å². The van der Waals surface area contributed by atoms with Crippen LogP contribution in [0.3, 0.4) is 0 Å². The Morgan fingerprint density at radius 2 is 1.92 bits per heavy atom. The molecule has 5 N–H and O–H groups in total. The highest BCUT2D eigenvalue weighted by Crippen LogP contribution is 2.35. The summed E-state index contributed by atoms with van der Waals surface area (Å²) < 4.78 is 39.2. The molecule has 2 amide bonds. The van der Waals surface area contributed by atoms with E-state index in [9.17, 15) is 27.9 Å². The molecule has 12 heteroatoms. The molecule has 37 heavy (non-hydrogen) atoms. The number of H-pyrrole nitrogens is 1. The summed E-state index contributed by atoms with van der Waals surface area (Å²) in [7, 11) is 0. The number of rotatable bonds is 7.